The van der Waals surface area contributed by atoms with Gasteiger partial charge in [0.05, 0.1) is 9.72 Å². The molecule has 6 heteroatoms. The van der Waals surface area contributed by atoms with Gasteiger partial charge in [-0.1, -0.05) is 11.6 Å². The number of rotatable bonds is 1. The molecule has 2 aromatic rings. The maximum absolute atomic E-state index is 12.0. The van der Waals surface area contributed by atoms with Crippen molar-refractivity contribution in [1.82, 2.24) is 0 Å². The van der Waals surface area contributed by atoms with Gasteiger partial charge in [-0.25, -0.2) is 0 Å². The van der Waals surface area contributed by atoms with Gasteiger partial charge in [0, 0.05) is 10.9 Å². The first kappa shape index (κ1) is 11.5. The lowest BCUT2D eigenvalue weighted by Gasteiger charge is -2.09. The molecule has 16 heavy (non-hydrogen) atoms. The Morgan fingerprint density at radius 2 is 1.94 bits per heavy atom. The summed E-state index contributed by atoms with van der Waals surface area (Å²) in [5.41, 5.74) is 0. The first-order valence-corrected chi connectivity index (χ1v) is 5.35. The van der Waals surface area contributed by atoms with Crippen molar-refractivity contribution in [1.29, 1.82) is 0 Å². The van der Waals surface area contributed by atoms with Crippen molar-refractivity contribution in [2.45, 2.75) is 6.36 Å². The van der Waals surface area contributed by atoms with Gasteiger partial charge in [-0.05, 0) is 24.4 Å². The molecule has 0 aliphatic carbocycles. The molecule has 2 rings (SSSR count). The zero-order valence-corrected chi connectivity index (χ0v) is 9.34. The monoisotopic (exact) mass is 265 g/mol. The number of hydrogen-bond acceptors (Lipinski definition) is 2. The molecule has 0 spiro atoms. The second-order valence-electron chi connectivity index (χ2n) is 3.08. The van der Waals surface area contributed by atoms with Crippen molar-refractivity contribution in [3.8, 4) is 5.75 Å². The first-order valence-electron chi connectivity index (χ1n) is 4.16. The lowest BCUT2D eigenvalue weighted by molar-refractivity contribution is -0.274. The van der Waals surface area contributed by atoms with Crippen LogP contribution in [0, 0.1) is 6.92 Å². The van der Waals surface area contributed by atoms with Crippen molar-refractivity contribution in [3.63, 3.8) is 0 Å². The Kier molecular flexibility index (Phi) is 2.75. The molecule has 1 aromatic heterocycles. The van der Waals surface area contributed by atoms with Gasteiger partial charge < -0.3 is 4.74 Å². The fourth-order valence-electron chi connectivity index (χ4n) is 1.33. The highest BCUT2D eigenvalue weighted by molar-refractivity contribution is 7.19. The lowest BCUT2D eigenvalue weighted by Crippen LogP contribution is -2.17. The van der Waals surface area contributed by atoms with Gasteiger partial charge in [0.15, 0.2) is 0 Å². The average molecular weight is 266 g/mol. The van der Waals surface area contributed by atoms with E-state index in [2.05, 4.69) is 11.7 Å². The van der Waals surface area contributed by atoms with Crippen LogP contribution in [0.5, 0.6) is 5.75 Å². The molecule has 0 saturated heterocycles. The molecule has 0 saturated carbocycles. The van der Waals surface area contributed by atoms with Gasteiger partial charge in [0.1, 0.15) is 5.75 Å². The van der Waals surface area contributed by atoms with Gasteiger partial charge in [0.2, 0.25) is 0 Å². The predicted octanol–water partition coefficient (Wildman–Crippen LogP) is 4.64. The van der Waals surface area contributed by atoms with Gasteiger partial charge in [-0.3, -0.25) is 0 Å². The molecule has 0 unspecified atom stereocenters. The van der Waals surface area contributed by atoms with Crippen LogP contribution in [0.15, 0.2) is 18.2 Å². The van der Waals surface area contributed by atoms with E-state index in [0.717, 1.165) is 10.9 Å². The van der Waals surface area contributed by atoms with Gasteiger partial charge in [-0.15, -0.1) is 24.5 Å². The second kappa shape index (κ2) is 3.82. The lowest BCUT2D eigenvalue weighted by atomic mass is 10.2. The Morgan fingerprint density at radius 1 is 1.25 bits per heavy atom. The van der Waals surface area contributed by atoms with Crippen LogP contribution in [0.2, 0.25) is 5.02 Å². The Balaban J connectivity index is 2.49. The number of halogens is 4. The molecule has 85 valence electrons. The zero-order valence-electron chi connectivity index (χ0n) is 7.77. The number of benzene rings is 1. The third kappa shape index (κ3) is 2.41. The Bertz CT molecular complexity index is 533. The predicted molar refractivity (Wildman–Crippen MR) is 58.0 cm³/mol. The highest BCUT2D eigenvalue weighted by Gasteiger charge is 2.31. The summed E-state index contributed by atoms with van der Waals surface area (Å²) in [5, 5.41) is 0.832. The third-order valence-corrected chi connectivity index (χ3v) is 3.28. The van der Waals surface area contributed by atoms with Crippen LogP contribution in [0.25, 0.3) is 10.1 Å². The molecule has 0 aliphatic heterocycles. The fraction of sp³-hybridized carbons (Fsp3) is 0.100. The molecule has 0 aliphatic rings. The van der Waals surface area contributed by atoms with Crippen LogP contribution in [0.3, 0.4) is 0 Å². The van der Waals surface area contributed by atoms with E-state index in [1.807, 2.05) is 0 Å². The maximum atomic E-state index is 12.0. The molecule has 0 N–H and O–H groups in total. The van der Waals surface area contributed by atoms with Crippen LogP contribution in [0.1, 0.15) is 4.88 Å². The maximum Gasteiger partial charge on any atom is 0.573 e. The number of fused-ring (bicyclic) bond motifs is 1. The SMILES string of the molecule is [CH2]c1cc2cc(OC(F)(F)F)cc(Cl)c2s1. The van der Waals surface area contributed by atoms with Crippen molar-refractivity contribution in [3.05, 3.63) is 35.0 Å². The molecule has 1 aromatic carbocycles. The zero-order chi connectivity index (χ0) is 11.9. The topological polar surface area (TPSA) is 9.23 Å². The summed E-state index contributed by atoms with van der Waals surface area (Å²) < 4.78 is 40.5. The van der Waals surface area contributed by atoms with Crippen molar-refractivity contribution in [2.24, 2.45) is 0 Å². The van der Waals surface area contributed by atoms with Crippen LogP contribution in [0.4, 0.5) is 13.2 Å². The van der Waals surface area contributed by atoms with Crippen LogP contribution >= 0.6 is 22.9 Å². The Hall–Kier alpha value is -0.940. The van der Waals surface area contributed by atoms with E-state index in [9.17, 15) is 13.2 Å². The molecule has 0 fully saturated rings. The molecule has 1 heterocycles. The molecule has 1 radical (unpaired) electrons. The smallest absolute Gasteiger partial charge is 0.406 e. The van der Waals surface area contributed by atoms with Gasteiger partial charge >= 0.3 is 6.36 Å². The molecular formula is C10H5ClF3OS. The minimum Gasteiger partial charge on any atom is -0.406 e. The van der Waals surface area contributed by atoms with Crippen LogP contribution in [-0.2, 0) is 0 Å². The first-order chi connectivity index (χ1) is 7.35. The summed E-state index contributed by atoms with van der Waals surface area (Å²) in [4.78, 5) is 0.737. The molecule has 0 atom stereocenters. The van der Waals surface area contributed by atoms with E-state index in [-0.39, 0.29) is 10.8 Å². The van der Waals surface area contributed by atoms with Crippen molar-refractivity contribution >= 4 is 33.0 Å². The van der Waals surface area contributed by atoms with Gasteiger partial charge in [0.25, 0.3) is 0 Å². The quantitative estimate of drug-likeness (QED) is 0.730. The third-order valence-electron chi connectivity index (χ3n) is 1.83. The molecular weight excluding hydrogens is 261 g/mol. The van der Waals surface area contributed by atoms with Crippen molar-refractivity contribution < 1.29 is 17.9 Å². The number of hydrogen-bond donors (Lipinski definition) is 0. The summed E-state index contributed by atoms with van der Waals surface area (Å²) in [6.45, 7) is 3.70. The number of ether oxygens (including phenoxy) is 1. The van der Waals surface area contributed by atoms with E-state index < -0.39 is 6.36 Å². The van der Waals surface area contributed by atoms with Crippen molar-refractivity contribution in [2.75, 3.05) is 0 Å². The normalized spacial score (nSPS) is 12.1. The average Bonchev–Trinajstić information content (AvgIpc) is 2.42. The fourth-order valence-corrected chi connectivity index (χ4v) is 2.50. The second-order valence-corrected chi connectivity index (χ2v) is 4.63. The Labute approximate surface area is 98.4 Å². The van der Waals surface area contributed by atoms with E-state index in [1.54, 1.807) is 6.07 Å². The summed E-state index contributed by atoms with van der Waals surface area (Å²) in [7, 11) is 0. The number of thiophene rings is 1. The van der Waals surface area contributed by atoms with E-state index in [4.69, 9.17) is 11.6 Å². The summed E-state index contributed by atoms with van der Waals surface area (Å²) in [5.74, 6) is -0.317. The standard InChI is InChI=1S/C10H5ClF3OS/c1-5-2-6-3-7(15-10(12,13)14)4-8(11)9(6)16-5/h2-4H,1H2. The minimum absolute atomic E-state index is 0.233. The van der Waals surface area contributed by atoms with Gasteiger partial charge in [-0.2, -0.15) is 0 Å². The van der Waals surface area contributed by atoms with E-state index in [1.165, 1.54) is 17.4 Å². The Morgan fingerprint density at radius 3 is 2.56 bits per heavy atom. The summed E-state index contributed by atoms with van der Waals surface area (Å²) >= 11 is 7.17. The van der Waals surface area contributed by atoms with E-state index in [0.29, 0.717) is 10.1 Å². The summed E-state index contributed by atoms with van der Waals surface area (Å²) in [6.07, 6.45) is -4.71. The molecule has 0 bridgehead atoms. The molecule has 0 amide bonds. The summed E-state index contributed by atoms with van der Waals surface area (Å²) in [6, 6.07) is 4.10. The van der Waals surface area contributed by atoms with Crippen LogP contribution in [-0.4, -0.2) is 6.36 Å². The highest BCUT2D eigenvalue weighted by atomic mass is 35.5. The number of alkyl halides is 3. The largest absolute Gasteiger partial charge is 0.573 e. The minimum atomic E-state index is -4.71. The highest BCUT2D eigenvalue weighted by Crippen LogP contribution is 2.36. The van der Waals surface area contributed by atoms with Crippen LogP contribution < -0.4 is 4.74 Å². The van der Waals surface area contributed by atoms with E-state index >= 15 is 0 Å². The molecule has 1 nitrogen and oxygen atoms in total.